The third kappa shape index (κ3) is 5.05. The number of likely N-dealkylation sites (tertiary alicyclic amines) is 1. The Morgan fingerprint density at radius 3 is 2.62 bits per heavy atom. The van der Waals surface area contributed by atoms with E-state index in [4.69, 9.17) is 14.5 Å². The number of guanidine groups is 1. The minimum atomic E-state index is 0.734. The molecule has 1 aromatic carbocycles. The lowest BCUT2D eigenvalue weighted by atomic mass is 10.00. The molecule has 5 heteroatoms. The number of aliphatic imine (C=N–C) groups is 1. The first-order valence-electron chi connectivity index (χ1n) is 8.92. The van der Waals surface area contributed by atoms with E-state index in [1.165, 1.54) is 12.8 Å². The number of hydrogen-bond acceptors (Lipinski definition) is 3. The van der Waals surface area contributed by atoms with Crippen molar-refractivity contribution in [3.63, 3.8) is 0 Å². The molecule has 1 aliphatic heterocycles. The second kappa shape index (κ2) is 9.40. The van der Waals surface area contributed by atoms with Crippen molar-refractivity contribution in [2.45, 2.75) is 33.1 Å². The van der Waals surface area contributed by atoms with Gasteiger partial charge in [-0.3, -0.25) is 4.99 Å². The summed E-state index contributed by atoms with van der Waals surface area (Å²) in [6.45, 7) is 8.26. The SMILES string of the molecule is CCNC(=NCCc1cc(OC)ccc1OC)N1CCC(C)CC1. The van der Waals surface area contributed by atoms with Gasteiger partial charge in [-0.25, -0.2) is 0 Å². The van der Waals surface area contributed by atoms with E-state index in [1.807, 2.05) is 18.2 Å². The van der Waals surface area contributed by atoms with Crippen molar-refractivity contribution < 1.29 is 9.47 Å². The smallest absolute Gasteiger partial charge is 0.193 e. The Balaban J connectivity index is 2.01. The maximum absolute atomic E-state index is 5.45. The average Bonchev–Trinajstić information content (AvgIpc) is 2.61. The number of ether oxygens (including phenoxy) is 2. The van der Waals surface area contributed by atoms with Gasteiger partial charge in [-0.15, -0.1) is 0 Å². The zero-order valence-electron chi connectivity index (χ0n) is 15.5. The van der Waals surface area contributed by atoms with Gasteiger partial charge in [0.25, 0.3) is 0 Å². The number of benzene rings is 1. The summed E-state index contributed by atoms with van der Waals surface area (Å²) in [6, 6.07) is 5.91. The molecule has 0 radical (unpaired) electrons. The number of nitrogens with one attached hydrogen (secondary N) is 1. The topological polar surface area (TPSA) is 46.1 Å². The van der Waals surface area contributed by atoms with Gasteiger partial charge in [0.05, 0.1) is 14.2 Å². The van der Waals surface area contributed by atoms with Gasteiger partial charge in [-0.05, 0) is 55.9 Å². The van der Waals surface area contributed by atoms with Crippen LogP contribution in [0.4, 0.5) is 0 Å². The zero-order valence-corrected chi connectivity index (χ0v) is 15.5. The first kappa shape index (κ1) is 18.4. The Bertz CT molecular complexity index is 537. The minimum absolute atomic E-state index is 0.734. The molecule has 0 aliphatic carbocycles. The van der Waals surface area contributed by atoms with E-state index in [2.05, 4.69) is 24.1 Å². The van der Waals surface area contributed by atoms with Crippen LogP contribution in [-0.4, -0.2) is 51.3 Å². The first-order chi connectivity index (χ1) is 11.7. The molecule has 1 saturated heterocycles. The van der Waals surface area contributed by atoms with Crippen molar-refractivity contribution in [2.75, 3.05) is 40.4 Å². The number of rotatable bonds is 6. The summed E-state index contributed by atoms with van der Waals surface area (Å²) < 4.78 is 10.8. The quantitative estimate of drug-likeness (QED) is 0.642. The third-order valence-electron chi connectivity index (χ3n) is 4.55. The Morgan fingerprint density at radius 2 is 2.00 bits per heavy atom. The Kier molecular flexibility index (Phi) is 7.22. The normalized spacial score (nSPS) is 16.2. The van der Waals surface area contributed by atoms with Crippen LogP contribution in [-0.2, 0) is 6.42 Å². The molecule has 1 aliphatic rings. The van der Waals surface area contributed by atoms with Gasteiger partial charge in [0, 0.05) is 26.2 Å². The van der Waals surface area contributed by atoms with Crippen LogP contribution in [0, 0.1) is 5.92 Å². The molecular formula is C19H31N3O2. The predicted octanol–water partition coefficient (Wildman–Crippen LogP) is 2.94. The monoisotopic (exact) mass is 333 g/mol. The van der Waals surface area contributed by atoms with Gasteiger partial charge >= 0.3 is 0 Å². The molecule has 1 aromatic rings. The van der Waals surface area contributed by atoms with Crippen LogP contribution in [0.3, 0.4) is 0 Å². The number of methoxy groups -OCH3 is 2. The molecule has 1 N–H and O–H groups in total. The standard InChI is InChI=1S/C19H31N3O2/c1-5-20-19(22-12-9-15(2)10-13-22)21-11-8-16-14-17(23-3)6-7-18(16)24-4/h6-7,14-15H,5,8-13H2,1-4H3,(H,20,21). The molecule has 5 nitrogen and oxygen atoms in total. The van der Waals surface area contributed by atoms with Gasteiger partial charge in [0.1, 0.15) is 11.5 Å². The highest BCUT2D eigenvalue weighted by Crippen LogP contribution is 2.24. The summed E-state index contributed by atoms with van der Waals surface area (Å²) in [5, 5.41) is 3.42. The van der Waals surface area contributed by atoms with Crippen LogP contribution in [0.25, 0.3) is 0 Å². The third-order valence-corrected chi connectivity index (χ3v) is 4.55. The molecule has 0 saturated carbocycles. The van der Waals surface area contributed by atoms with E-state index in [1.54, 1.807) is 14.2 Å². The number of hydrogen-bond donors (Lipinski definition) is 1. The molecule has 0 bridgehead atoms. The van der Waals surface area contributed by atoms with Crippen LogP contribution >= 0.6 is 0 Å². The molecule has 0 aromatic heterocycles. The van der Waals surface area contributed by atoms with Crippen LogP contribution in [0.2, 0.25) is 0 Å². The van der Waals surface area contributed by atoms with E-state index >= 15 is 0 Å². The highest BCUT2D eigenvalue weighted by Gasteiger charge is 2.18. The van der Waals surface area contributed by atoms with E-state index < -0.39 is 0 Å². The maximum atomic E-state index is 5.45. The zero-order chi connectivity index (χ0) is 17.4. The molecule has 0 unspecified atom stereocenters. The van der Waals surface area contributed by atoms with E-state index in [0.29, 0.717) is 0 Å². The van der Waals surface area contributed by atoms with E-state index in [9.17, 15) is 0 Å². The second-order valence-electron chi connectivity index (χ2n) is 6.33. The van der Waals surface area contributed by atoms with Crippen molar-refractivity contribution in [3.05, 3.63) is 23.8 Å². The Morgan fingerprint density at radius 1 is 1.25 bits per heavy atom. The van der Waals surface area contributed by atoms with E-state index in [-0.39, 0.29) is 0 Å². The summed E-state index contributed by atoms with van der Waals surface area (Å²) in [4.78, 5) is 7.20. The Hall–Kier alpha value is -1.91. The number of piperidine rings is 1. The lowest BCUT2D eigenvalue weighted by Crippen LogP contribution is -2.45. The molecule has 0 amide bonds. The van der Waals surface area contributed by atoms with Crippen molar-refractivity contribution in [1.29, 1.82) is 0 Å². The molecular weight excluding hydrogens is 302 g/mol. The summed E-state index contributed by atoms with van der Waals surface area (Å²) in [6.07, 6.45) is 3.32. The van der Waals surface area contributed by atoms with Crippen LogP contribution in [0.1, 0.15) is 32.3 Å². The van der Waals surface area contributed by atoms with Crippen molar-refractivity contribution in [1.82, 2.24) is 10.2 Å². The summed E-state index contributed by atoms with van der Waals surface area (Å²) in [5.41, 5.74) is 1.13. The molecule has 24 heavy (non-hydrogen) atoms. The molecule has 1 fully saturated rings. The lowest BCUT2D eigenvalue weighted by Gasteiger charge is -2.33. The van der Waals surface area contributed by atoms with Gasteiger partial charge in [-0.1, -0.05) is 6.92 Å². The lowest BCUT2D eigenvalue weighted by molar-refractivity contribution is 0.273. The van der Waals surface area contributed by atoms with Crippen molar-refractivity contribution in [2.24, 2.45) is 10.9 Å². The van der Waals surface area contributed by atoms with Crippen LogP contribution in [0.15, 0.2) is 23.2 Å². The van der Waals surface area contributed by atoms with Gasteiger partial charge in [0.2, 0.25) is 0 Å². The van der Waals surface area contributed by atoms with Gasteiger partial charge in [0.15, 0.2) is 5.96 Å². The molecule has 0 spiro atoms. The second-order valence-corrected chi connectivity index (χ2v) is 6.33. The van der Waals surface area contributed by atoms with Crippen LogP contribution in [0.5, 0.6) is 11.5 Å². The molecule has 1 heterocycles. The highest BCUT2D eigenvalue weighted by atomic mass is 16.5. The van der Waals surface area contributed by atoms with Gasteiger partial charge in [-0.2, -0.15) is 0 Å². The maximum Gasteiger partial charge on any atom is 0.193 e. The first-order valence-corrected chi connectivity index (χ1v) is 8.92. The Labute approximate surface area is 146 Å². The molecule has 0 atom stereocenters. The fourth-order valence-corrected chi connectivity index (χ4v) is 3.01. The fourth-order valence-electron chi connectivity index (χ4n) is 3.01. The summed E-state index contributed by atoms with van der Waals surface area (Å²) in [7, 11) is 3.39. The van der Waals surface area contributed by atoms with Crippen LogP contribution < -0.4 is 14.8 Å². The van der Waals surface area contributed by atoms with Crippen molar-refractivity contribution in [3.8, 4) is 11.5 Å². The van der Waals surface area contributed by atoms with Crippen molar-refractivity contribution >= 4 is 5.96 Å². The predicted molar refractivity (Wildman–Crippen MR) is 99.2 cm³/mol. The van der Waals surface area contributed by atoms with Gasteiger partial charge < -0.3 is 19.7 Å². The summed E-state index contributed by atoms with van der Waals surface area (Å²) >= 11 is 0. The largest absolute Gasteiger partial charge is 0.497 e. The molecule has 134 valence electrons. The summed E-state index contributed by atoms with van der Waals surface area (Å²) in [5.74, 6) is 3.60. The van der Waals surface area contributed by atoms with E-state index in [0.717, 1.165) is 61.5 Å². The highest BCUT2D eigenvalue weighted by molar-refractivity contribution is 5.80. The molecule has 2 rings (SSSR count). The average molecular weight is 333 g/mol. The fraction of sp³-hybridized carbons (Fsp3) is 0.632. The minimum Gasteiger partial charge on any atom is -0.497 e. The number of nitrogens with zero attached hydrogens (tertiary/aromatic N) is 2.